The van der Waals surface area contributed by atoms with Crippen molar-refractivity contribution >= 4 is 0 Å². The van der Waals surface area contributed by atoms with Crippen LogP contribution in [0, 0.1) is 0 Å². The van der Waals surface area contributed by atoms with Crippen molar-refractivity contribution in [2.24, 2.45) is 0 Å². The Morgan fingerprint density at radius 2 is 1.83 bits per heavy atom. The average molecular weight is 181 g/mol. The van der Waals surface area contributed by atoms with Crippen LogP contribution in [0.4, 0.5) is 13.2 Å². The largest absolute Gasteiger partial charge is 0.404 e. The van der Waals surface area contributed by atoms with Crippen LogP contribution in [0.5, 0.6) is 0 Å². The van der Waals surface area contributed by atoms with Crippen LogP contribution < -0.4 is 0 Å². The van der Waals surface area contributed by atoms with Gasteiger partial charge in [0.2, 0.25) is 0 Å². The zero-order valence-corrected chi connectivity index (χ0v) is 7.19. The summed E-state index contributed by atoms with van der Waals surface area (Å²) in [6.45, 7) is 0.574. The lowest BCUT2D eigenvalue weighted by molar-refractivity contribution is -0.180. The van der Waals surface area contributed by atoms with Crippen LogP contribution >= 0.6 is 0 Å². The molecule has 1 rings (SSSR count). The lowest BCUT2D eigenvalue weighted by atomic mass is 10.1. The number of hydrogen-bond acceptors (Lipinski definition) is 1. The summed E-state index contributed by atoms with van der Waals surface area (Å²) >= 11 is 0. The third-order valence-corrected chi connectivity index (χ3v) is 2.40. The number of rotatable bonds is 0. The zero-order chi connectivity index (χ0) is 9.19. The fraction of sp³-hybridized carbons (Fsp3) is 1.00. The molecule has 1 aliphatic heterocycles. The minimum atomic E-state index is -4.04. The van der Waals surface area contributed by atoms with Gasteiger partial charge in [-0.25, -0.2) is 0 Å². The van der Waals surface area contributed by atoms with Crippen molar-refractivity contribution in [3.63, 3.8) is 0 Å². The highest BCUT2D eigenvalue weighted by atomic mass is 19.4. The third-order valence-electron chi connectivity index (χ3n) is 2.40. The van der Waals surface area contributed by atoms with Gasteiger partial charge in [0, 0.05) is 0 Å². The molecule has 1 atom stereocenters. The van der Waals surface area contributed by atoms with Crippen molar-refractivity contribution in [2.75, 3.05) is 13.6 Å². The maximum atomic E-state index is 12.3. The van der Waals surface area contributed by atoms with Gasteiger partial charge in [0.15, 0.2) is 0 Å². The number of hydrogen-bond donors (Lipinski definition) is 0. The van der Waals surface area contributed by atoms with Crippen LogP contribution in [0.1, 0.15) is 25.7 Å². The Bertz CT molecular complexity index is 144. The van der Waals surface area contributed by atoms with Crippen LogP contribution in [0.25, 0.3) is 0 Å². The molecule has 12 heavy (non-hydrogen) atoms. The van der Waals surface area contributed by atoms with E-state index in [9.17, 15) is 13.2 Å². The molecule has 0 saturated carbocycles. The predicted octanol–water partition coefficient (Wildman–Crippen LogP) is 2.42. The van der Waals surface area contributed by atoms with E-state index in [2.05, 4.69) is 0 Å². The lowest BCUT2D eigenvalue weighted by Crippen LogP contribution is -2.42. The van der Waals surface area contributed by atoms with Crippen molar-refractivity contribution in [1.82, 2.24) is 4.90 Å². The number of nitrogens with zero attached hydrogens (tertiary/aromatic N) is 1. The number of likely N-dealkylation sites (tertiary alicyclic amines) is 1. The summed E-state index contributed by atoms with van der Waals surface area (Å²) in [6.07, 6.45) is -1.26. The predicted molar refractivity (Wildman–Crippen MR) is 40.9 cm³/mol. The van der Waals surface area contributed by atoms with E-state index in [0.717, 1.165) is 12.8 Å². The van der Waals surface area contributed by atoms with Gasteiger partial charge in [-0.2, -0.15) is 13.2 Å². The van der Waals surface area contributed by atoms with E-state index in [1.54, 1.807) is 7.05 Å². The van der Waals surface area contributed by atoms with Crippen LogP contribution in [-0.4, -0.2) is 30.7 Å². The van der Waals surface area contributed by atoms with Gasteiger partial charge >= 0.3 is 6.18 Å². The smallest absolute Gasteiger partial charge is 0.295 e. The minimum Gasteiger partial charge on any atom is -0.295 e. The van der Waals surface area contributed by atoms with Gasteiger partial charge in [0.1, 0.15) is 6.04 Å². The second-order valence-electron chi connectivity index (χ2n) is 3.39. The molecule has 72 valence electrons. The quantitative estimate of drug-likeness (QED) is 0.554. The first-order valence-electron chi connectivity index (χ1n) is 4.29. The first-order valence-corrected chi connectivity index (χ1v) is 4.29. The maximum Gasteiger partial charge on any atom is 0.404 e. The SMILES string of the molecule is CN1CCCCCC1C(F)(F)F. The van der Waals surface area contributed by atoms with Gasteiger partial charge in [0.25, 0.3) is 0 Å². The maximum absolute atomic E-state index is 12.3. The van der Waals surface area contributed by atoms with Crippen LogP contribution in [0.2, 0.25) is 0 Å². The van der Waals surface area contributed by atoms with Crippen LogP contribution in [0.3, 0.4) is 0 Å². The first kappa shape index (κ1) is 9.84. The molecule has 0 aliphatic carbocycles. The summed E-state index contributed by atoms with van der Waals surface area (Å²) in [6, 6.07) is -1.21. The van der Waals surface area contributed by atoms with Crippen LogP contribution in [-0.2, 0) is 0 Å². The minimum absolute atomic E-state index is 0.264. The van der Waals surface area contributed by atoms with E-state index in [1.807, 2.05) is 0 Å². The molecule has 0 radical (unpaired) electrons. The van der Waals surface area contributed by atoms with Gasteiger partial charge in [-0.1, -0.05) is 12.8 Å². The lowest BCUT2D eigenvalue weighted by Gasteiger charge is -2.27. The summed E-state index contributed by atoms with van der Waals surface area (Å²) in [7, 11) is 1.56. The highest BCUT2D eigenvalue weighted by Gasteiger charge is 2.42. The van der Waals surface area contributed by atoms with Gasteiger partial charge < -0.3 is 0 Å². The number of halogens is 3. The summed E-state index contributed by atoms with van der Waals surface area (Å²) < 4.78 is 37.0. The fourth-order valence-electron chi connectivity index (χ4n) is 1.67. The molecule has 1 nitrogen and oxygen atoms in total. The monoisotopic (exact) mass is 181 g/mol. The Hall–Kier alpha value is -0.250. The molecular weight excluding hydrogens is 167 g/mol. The Kier molecular flexibility index (Phi) is 2.99. The molecule has 0 aromatic rings. The van der Waals surface area contributed by atoms with Gasteiger partial charge in [-0.05, 0) is 26.4 Å². The summed E-state index contributed by atoms with van der Waals surface area (Å²) in [5.74, 6) is 0. The molecule has 0 N–H and O–H groups in total. The highest BCUT2D eigenvalue weighted by molar-refractivity contribution is 4.78. The molecule has 1 fully saturated rings. The van der Waals surface area contributed by atoms with E-state index in [1.165, 1.54) is 4.90 Å². The number of alkyl halides is 3. The molecule has 1 aliphatic rings. The molecule has 0 bridgehead atoms. The Morgan fingerprint density at radius 3 is 2.42 bits per heavy atom. The highest BCUT2D eigenvalue weighted by Crippen LogP contribution is 2.29. The third kappa shape index (κ3) is 2.37. The van der Waals surface area contributed by atoms with Gasteiger partial charge in [0.05, 0.1) is 0 Å². The molecule has 0 spiro atoms. The Labute approximate surface area is 70.5 Å². The summed E-state index contributed by atoms with van der Waals surface area (Å²) in [5.41, 5.74) is 0. The first-order chi connectivity index (χ1) is 5.52. The van der Waals surface area contributed by atoms with Crippen molar-refractivity contribution < 1.29 is 13.2 Å². The van der Waals surface area contributed by atoms with E-state index in [4.69, 9.17) is 0 Å². The molecular formula is C8H14F3N. The van der Waals surface area contributed by atoms with Crippen molar-refractivity contribution in [3.8, 4) is 0 Å². The van der Waals surface area contributed by atoms with E-state index < -0.39 is 12.2 Å². The summed E-state index contributed by atoms with van der Waals surface area (Å²) in [4.78, 5) is 1.42. The molecule has 1 unspecified atom stereocenters. The van der Waals surface area contributed by atoms with E-state index >= 15 is 0 Å². The van der Waals surface area contributed by atoms with Crippen molar-refractivity contribution in [1.29, 1.82) is 0 Å². The Balaban J connectivity index is 2.59. The molecule has 1 saturated heterocycles. The standard InChI is InChI=1S/C8H14F3N/c1-12-6-4-2-3-5-7(12)8(9,10)11/h7H,2-6H2,1H3. The normalized spacial score (nSPS) is 28.5. The molecule has 0 aromatic heterocycles. The summed E-state index contributed by atoms with van der Waals surface area (Å²) in [5, 5.41) is 0. The van der Waals surface area contributed by atoms with Crippen molar-refractivity contribution in [2.45, 2.75) is 37.9 Å². The fourth-order valence-corrected chi connectivity index (χ4v) is 1.67. The van der Waals surface area contributed by atoms with E-state index in [-0.39, 0.29) is 6.42 Å². The van der Waals surface area contributed by atoms with Gasteiger partial charge in [-0.3, -0.25) is 4.90 Å². The molecule has 4 heteroatoms. The van der Waals surface area contributed by atoms with E-state index in [0.29, 0.717) is 13.0 Å². The second kappa shape index (κ2) is 3.64. The van der Waals surface area contributed by atoms with Gasteiger partial charge in [-0.15, -0.1) is 0 Å². The topological polar surface area (TPSA) is 3.24 Å². The average Bonchev–Trinajstić information content (AvgIpc) is 2.11. The molecule has 1 heterocycles. The zero-order valence-electron chi connectivity index (χ0n) is 7.19. The Morgan fingerprint density at radius 1 is 1.17 bits per heavy atom. The second-order valence-corrected chi connectivity index (χ2v) is 3.39. The molecule has 0 aromatic carbocycles. The molecule has 0 amide bonds. The van der Waals surface area contributed by atoms with Crippen molar-refractivity contribution in [3.05, 3.63) is 0 Å². The van der Waals surface area contributed by atoms with Crippen LogP contribution in [0.15, 0.2) is 0 Å².